The Labute approximate surface area is 137 Å². The van der Waals surface area contributed by atoms with Crippen LogP contribution in [-0.4, -0.2) is 45.9 Å². The third-order valence-electron chi connectivity index (χ3n) is 5.76. The van der Waals surface area contributed by atoms with Gasteiger partial charge in [-0.3, -0.25) is 9.59 Å². The fraction of sp³-hybridized carbons (Fsp3) is 0.667. The molecule has 1 saturated heterocycles. The fourth-order valence-electron chi connectivity index (χ4n) is 4.51. The van der Waals surface area contributed by atoms with Crippen molar-refractivity contribution in [2.75, 3.05) is 13.1 Å². The first-order valence-corrected chi connectivity index (χ1v) is 8.53. The van der Waals surface area contributed by atoms with E-state index >= 15 is 0 Å². The summed E-state index contributed by atoms with van der Waals surface area (Å²) in [5, 5.41) is 10.4. The van der Waals surface area contributed by atoms with Gasteiger partial charge in [0.05, 0.1) is 17.4 Å². The molecule has 5 heteroatoms. The van der Waals surface area contributed by atoms with Crippen molar-refractivity contribution in [3.05, 3.63) is 22.5 Å². The van der Waals surface area contributed by atoms with Gasteiger partial charge in [-0.2, -0.15) is 0 Å². The predicted octanol–water partition coefficient (Wildman–Crippen LogP) is 2.60. The number of nitrogens with zero attached hydrogens (tertiary/aromatic N) is 1. The molecule has 2 fully saturated rings. The SMILES string of the molecule is CC(=O)c1[nH]c(C)c(C(=O)N2CCC[C@@]3(CCC[C@H]3O)C2)c1C. The van der Waals surface area contributed by atoms with E-state index in [0.717, 1.165) is 49.9 Å². The van der Waals surface area contributed by atoms with Crippen LogP contribution in [0.25, 0.3) is 0 Å². The predicted molar refractivity (Wildman–Crippen MR) is 87.7 cm³/mol. The molecule has 3 rings (SSSR count). The Balaban J connectivity index is 1.87. The van der Waals surface area contributed by atoms with Gasteiger partial charge in [-0.05, 0) is 45.1 Å². The summed E-state index contributed by atoms with van der Waals surface area (Å²) in [5.74, 6) is -0.0621. The van der Waals surface area contributed by atoms with Crippen LogP contribution in [0.3, 0.4) is 0 Å². The highest BCUT2D eigenvalue weighted by Gasteiger charge is 2.46. The van der Waals surface area contributed by atoms with E-state index in [1.54, 1.807) is 0 Å². The highest BCUT2D eigenvalue weighted by molar-refractivity contribution is 6.02. The van der Waals surface area contributed by atoms with E-state index in [1.807, 2.05) is 18.7 Å². The van der Waals surface area contributed by atoms with Gasteiger partial charge < -0.3 is 15.0 Å². The van der Waals surface area contributed by atoms with Crippen molar-refractivity contribution >= 4 is 11.7 Å². The Hall–Kier alpha value is -1.62. The minimum Gasteiger partial charge on any atom is -0.392 e. The maximum atomic E-state index is 13.0. The molecule has 2 heterocycles. The molecule has 5 nitrogen and oxygen atoms in total. The molecule has 126 valence electrons. The first kappa shape index (κ1) is 16.2. The zero-order valence-electron chi connectivity index (χ0n) is 14.2. The number of piperidine rings is 1. The number of aryl methyl sites for hydroxylation is 1. The summed E-state index contributed by atoms with van der Waals surface area (Å²) in [5.41, 5.74) is 2.53. The van der Waals surface area contributed by atoms with Crippen LogP contribution in [-0.2, 0) is 0 Å². The maximum Gasteiger partial charge on any atom is 0.255 e. The molecular formula is C18H26N2O3. The lowest BCUT2D eigenvalue weighted by Gasteiger charge is -2.42. The quantitative estimate of drug-likeness (QED) is 0.823. The molecule has 0 aromatic carbocycles. The molecule has 0 bridgehead atoms. The van der Waals surface area contributed by atoms with Crippen molar-refractivity contribution in [3.63, 3.8) is 0 Å². The highest BCUT2D eigenvalue weighted by atomic mass is 16.3. The topological polar surface area (TPSA) is 73.4 Å². The Kier molecular flexibility index (Phi) is 4.08. The number of amides is 1. The van der Waals surface area contributed by atoms with Gasteiger partial charge in [-0.15, -0.1) is 0 Å². The van der Waals surface area contributed by atoms with Crippen molar-refractivity contribution in [2.24, 2.45) is 5.41 Å². The van der Waals surface area contributed by atoms with Gasteiger partial charge in [0.1, 0.15) is 0 Å². The second-order valence-electron chi connectivity index (χ2n) is 7.28. The van der Waals surface area contributed by atoms with E-state index in [9.17, 15) is 14.7 Å². The average molecular weight is 318 g/mol. The molecule has 1 spiro atoms. The second kappa shape index (κ2) is 5.78. The third-order valence-corrected chi connectivity index (χ3v) is 5.76. The van der Waals surface area contributed by atoms with Gasteiger partial charge in [0.25, 0.3) is 5.91 Å². The summed E-state index contributed by atoms with van der Waals surface area (Å²) in [6, 6.07) is 0. The normalized spacial score (nSPS) is 27.7. The zero-order chi connectivity index (χ0) is 16.8. The van der Waals surface area contributed by atoms with Crippen molar-refractivity contribution in [2.45, 2.75) is 59.0 Å². The third kappa shape index (κ3) is 2.61. The van der Waals surface area contributed by atoms with Crippen molar-refractivity contribution in [1.82, 2.24) is 9.88 Å². The Morgan fingerprint density at radius 1 is 1.26 bits per heavy atom. The molecule has 2 atom stereocenters. The number of hydrogen-bond acceptors (Lipinski definition) is 3. The van der Waals surface area contributed by atoms with Crippen LogP contribution in [0.1, 0.15) is 71.1 Å². The van der Waals surface area contributed by atoms with E-state index < -0.39 is 0 Å². The van der Waals surface area contributed by atoms with E-state index in [4.69, 9.17) is 0 Å². The molecule has 23 heavy (non-hydrogen) atoms. The van der Waals surface area contributed by atoms with E-state index in [0.29, 0.717) is 17.8 Å². The molecule has 0 unspecified atom stereocenters. The Morgan fingerprint density at radius 3 is 2.52 bits per heavy atom. The number of H-pyrrole nitrogens is 1. The number of rotatable bonds is 2. The average Bonchev–Trinajstić information content (AvgIpc) is 2.99. The maximum absolute atomic E-state index is 13.0. The highest BCUT2D eigenvalue weighted by Crippen LogP contribution is 2.45. The van der Waals surface area contributed by atoms with E-state index in [1.165, 1.54) is 6.92 Å². The van der Waals surface area contributed by atoms with Gasteiger partial charge in [0, 0.05) is 31.1 Å². The molecule has 1 saturated carbocycles. The summed E-state index contributed by atoms with van der Waals surface area (Å²) in [6.07, 6.45) is 4.53. The first-order valence-electron chi connectivity index (χ1n) is 8.53. The monoisotopic (exact) mass is 318 g/mol. The van der Waals surface area contributed by atoms with Crippen molar-refractivity contribution in [3.8, 4) is 0 Å². The zero-order valence-corrected chi connectivity index (χ0v) is 14.2. The molecule has 2 aliphatic rings. The fourth-order valence-corrected chi connectivity index (χ4v) is 4.51. The molecule has 0 radical (unpaired) electrons. The Bertz CT molecular complexity index is 649. The largest absolute Gasteiger partial charge is 0.392 e. The molecule has 1 aliphatic heterocycles. The number of carbonyl (C=O) groups excluding carboxylic acids is 2. The van der Waals surface area contributed by atoms with E-state index in [-0.39, 0.29) is 23.2 Å². The van der Waals surface area contributed by atoms with Crippen LogP contribution in [0.15, 0.2) is 0 Å². The number of aromatic amines is 1. The lowest BCUT2D eigenvalue weighted by molar-refractivity contribution is -0.00539. The Morgan fingerprint density at radius 2 is 1.96 bits per heavy atom. The molecular weight excluding hydrogens is 292 g/mol. The van der Waals surface area contributed by atoms with Crippen LogP contribution < -0.4 is 0 Å². The van der Waals surface area contributed by atoms with Crippen molar-refractivity contribution in [1.29, 1.82) is 0 Å². The number of likely N-dealkylation sites (tertiary alicyclic amines) is 1. The van der Waals surface area contributed by atoms with Crippen molar-refractivity contribution < 1.29 is 14.7 Å². The summed E-state index contributed by atoms with van der Waals surface area (Å²) < 4.78 is 0. The van der Waals surface area contributed by atoms with Crippen LogP contribution >= 0.6 is 0 Å². The molecule has 1 aliphatic carbocycles. The van der Waals surface area contributed by atoms with Crippen LogP contribution in [0, 0.1) is 19.3 Å². The second-order valence-corrected chi connectivity index (χ2v) is 7.28. The standard InChI is InChI=1S/C18H26N2O3/c1-11-15(12(2)19-16(11)13(3)21)17(23)20-9-5-8-18(10-20)7-4-6-14(18)22/h14,19,22H,4-10H2,1-3H3/t14-,18+/m1/s1. The minimum absolute atomic E-state index is 0.0121. The van der Waals surface area contributed by atoms with Crippen LogP contribution in [0.5, 0.6) is 0 Å². The number of aliphatic hydroxyl groups is 1. The van der Waals surface area contributed by atoms with Gasteiger partial charge in [-0.1, -0.05) is 6.42 Å². The number of Topliss-reactive ketones (excluding diaryl/α,β-unsaturated/α-hetero) is 1. The number of carbonyl (C=O) groups is 2. The summed E-state index contributed by atoms with van der Waals surface area (Å²) in [6.45, 7) is 6.55. The van der Waals surface area contributed by atoms with Gasteiger partial charge >= 0.3 is 0 Å². The lowest BCUT2D eigenvalue weighted by atomic mass is 9.76. The molecule has 2 N–H and O–H groups in total. The summed E-state index contributed by atoms with van der Waals surface area (Å²) in [7, 11) is 0. The first-order chi connectivity index (χ1) is 10.9. The van der Waals surface area contributed by atoms with Gasteiger partial charge in [0.15, 0.2) is 5.78 Å². The molecule has 1 aromatic heterocycles. The number of nitrogens with one attached hydrogen (secondary N) is 1. The lowest BCUT2D eigenvalue weighted by Crippen LogP contribution is -2.49. The molecule has 1 amide bonds. The van der Waals surface area contributed by atoms with E-state index in [2.05, 4.69) is 4.98 Å². The summed E-state index contributed by atoms with van der Waals surface area (Å²) >= 11 is 0. The van der Waals surface area contributed by atoms with Crippen LogP contribution in [0.4, 0.5) is 0 Å². The smallest absolute Gasteiger partial charge is 0.255 e. The number of aromatic nitrogens is 1. The summed E-state index contributed by atoms with van der Waals surface area (Å²) in [4.78, 5) is 29.7. The number of ketones is 1. The van der Waals surface area contributed by atoms with Crippen LogP contribution in [0.2, 0.25) is 0 Å². The van der Waals surface area contributed by atoms with Gasteiger partial charge in [-0.25, -0.2) is 0 Å². The molecule has 1 aromatic rings. The van der Waals surface area contributed by atoms with Gasteiger partial charge in [0.2, 0.25) is 0 Å². The number of aliphatic hydroxyl groups excluding tert-OH is 1. The number of hydrogen-bond donors (Lipinski definition) is 2. The minimum atomic E-state index is -0.292.